The van der Waals surface area contributed by atoms with Gasteiger partial charge in [0.1, 0.15) is 16.6 Å². The van der Waals surface area contributed by atoms with Crippen molar-refractivity contribution in [3.63, 3.8) is 0 Å². The topological polar surface area (TPSA) is 51.2 Å². The Morgan fingerprint density at radius 1 is 1.22 bits per heavy atom. The summed E-state index contributed by atoms with van der Waals surface area (Å²) in [6.45, 7) is 3.07. The van der Waals surface area contributed by atoms with Crippen LogP contribution in [0.2, 0.25) is 0 Å². The molecule has 0 aliphatic carbocycles. The van der Waals surface area contributed by atoms with E-state index in [1.54, 1.807) is 6.07 Å². The van der Waals surface area contributed by atoms with Gasteiger partial charge in [0.15, 0.2) is 0 Å². The minimum atomic E-state index is -0.272. The van der Waals surface area contributed by atoms with Gasteiger partial charge in [-0.3, -0.25) is 4.79 Å². The van der Waals surface area contributed by atoms with E-state index in [1.165, 1.54) is 23.5 Å². The van der Waals surface area contributed by atoms with Gasteiger partial charge < -0.3 is 10.1 Å². The lowest BCUT2D eigenvalue weighted by Gasteiger charge is -2.06. The number of hydrogen-bond acceptors (Lipinski definition) is 4. The lowest BCUT2D eigenvalue weighted by atomic mass is 10.1. The van der Waals surface area contributed by atoms with Crippen LogP contribution < -0.4 is 10.1 Å². The Hall–Kier alpha value is -2.73. The molecule has 3 aromatic rings. The Kier molecular flexibility index (Phi) is 6.54. The van der Waals surface area contributed by atoms with Crippen LogP contribution in [-0.2, 0) is 17.6 Å². The number of hydrogen-bond donors (Lipinski definition) is 1. The van der Waals surface area contributed by atoms with E-state index in [9.17, 15) is 9.18 Å². The third-order valence-electron chi connectivity index (χ3n) is 3.93. The molecule has 2 aromatic carbocycles. The highest BCUT2D eigenvalue weighted by Crippen LogP contribution is 2.24. The predicted octanol–water partition coefficient (Wildman–Crippen LogP) is 4.25. The highest BCUT2D eigenvalue weighted by atomic mass is 32.1. The van der Waals surface area contributed by atoms with Crippen molar-refractivity contribution in [3.05, 3.63) is 71.0 Å². The Morgan fingerprint density at radius 2 is 2.04 bits per heavy atom. The van der Waals surface area contributed by atoms with E-state index in [4.69, 9.17) is 4.74 Å². The molecular weight excluding hydrogens is 363 g/mol. The number of ether oxygens (including phenoxy) is 1. The van der Waals surface area contributed by atoms with Crippen molar-refractivity contribution in [3.8, 4) is 16.3 Å². The molecule has 0 radical (unpaired) electrons. The van der Waals surface area contributed by atoms with E-state index in [-0.39, 0.29) is 11.7 Å². The number of carbonyl (C=O) groups excluding carboxylic acids is 1. The summed E-state index contributed by atoms with van der Waals surface area (Å²) in [5, 5.41) is 5.64. The van der Waals surface area contributed by atoms with Gasteiger partial charge in [0.2, 0.25) is 5.91 Å². The monoisotopic (exact) mass is 384 g/mol. The zero-order valence-corrected chi connectivity index (χ0v) is 15.9. The first-order chi connectivity index (χ1) is 13.1. The van der Waals surface area contributed by atoms with Crippen molar-refractivity contribution in [1.29, 1.82) is 0 Å². The van der Waals surface area contributed by atoms with Gasteiger partial charge >= 0.3 is 0 Å². The van der Waals surface area contributed by atoms with Gasteiger partial charge in [-0.05, 0) is 36.8 Å². The Labute approximate surface area is 162 Å². The minimum absolute atomic E-state index is 0.0280. The number of nitrogens with one attached hydrogen (secondary N) is 1. The summed E-state index contributed by atoms with van der Waals surface area (Å²) in [6.07, 6.45) is 0.971. The Bertz CT molecular complexity index is 893. The van der Waals surface area contributed by atoms with Crippen molar-refractivity contribution >= 4 is 17.2 Å². The molecule has 140 valence electrons. The highest BCUT2D eigenvalue weighted by molar-refractivity contribution is 7.13. The molecule has 4 nitrogen and oxygen atoms in total. The molecule has 0 saturated heterocycles. The number of thiazole rings is 1. The smallest absolute Gasteiger partial charge is 0.224 e. The molecule has 6 heteroatoms. The molecule has 1 amide bonds. The second kappa shape index (κ2) is 9.28. The molecule has 0 fully saturated rings. The Balaban J connectivity index is 1.46. The van der Waals surface area contributed by atoms with Crippen LogP contribution in [0.4, 0.5) is 4.39 Å². The molecule has 1 N–H and O–H groups in total. The van der Waals surface area contributed by atoms with E-state index in [2.05, 4.69) is 10.3 Å². The summed E-state index contributed by atoms with van der Waals surface area (Å²) in [5.74, 6) is 0.504. The van der Waals surface area contributed by atoms with Gasteiger partial charge in [0, 0.05) is 23.9 Å². The van der Waals surface area contributed by atoms with Crippen molar-refractivity contribution in [2.75, 3.05) is 13.2 Å². The summed E-state index contributed by atoms with van der Waals surface area (Å²) < 4.78 is 18.7. The summed E-state index contributed by atoms with van der Waals surface area (Å²) in [5.41, 5.74) is 2.60. The normalized spacial score (nSPS) is 10.6. The van der Waals surface area contributed by atoms with E-state index in [1.807, 2.05) is 42.6 Å². The van der Waals surface area contributed by atoms with Crippen LogP contribution in [0.15, 0.2) is 53.9 Å². The number of nitrogens with zero attached hydrogens (tertiary/aromatic N) is 1. The molecule has 1 aromatic heterocycles. The molecule has 0 aliphatic rings. The van der Waals surface area contributed by atoms with Crippen LogP contribution in [-0.4, -0.2) is 24.0 Å². The van der Waals surface area contributed by atoms with Crippen LogP contribution in [0, 0.1) is 5.82 Å². The molecule has 0 saturated carbocycles. The molecule has 0 spiro atoms. The molecule has 1 heterocycles. The lowest BCUT2D eigenvalue weighted by molar-refractivity contribution is -0.120. The van der Waals surface area contributed by atoms with Gasteiger partial charge in [-0.1, -0.05) is 24.3 Å². The standard InChI is InChI=1S/C21H21FN2O2S/c1-2-26-19-8-6-15(7-9-19)12-20(25)23-11-10-18-14-27-21(24-18)16-4-3-5-17(22)13-16/h3-9,13-14H,2,10-12H2,1H3,(H,23,25). The zero-order chi connectivity index (χ0) is 19.1. The van der Waals surface area contributed by atoms with Crippen molar-refractivity contribution < 1.29 is 13.9 Å². The van der Waals surface area contributed by atoms with E-state index in [0.717, 1.165) is 27.6 Å². The number of benzene rings is 2. The quantitative estimate of drug-likeness (QED) is 0.632. The van der Waals surface area contributed by atoms with Gasteiger partial charge in [-0.2, -0.15) is 0 Å². The number of aromatic nitrogens is 1. The van der Waals surface area contributed by atoms with E-state index < -0.39 is 0 Å². The van der Waals surface area contributed by atoms with Crippen molar-refractivity contribution in [1.82, 2.24) is 10.3 Å². The Morgan fingerprint density at radius 3 is 2.78 bits per heavy atom. The number of amides is 1. The molecule has 3 rings (SSSR count). The van der Waals surface area contributed by atoms with Gasteiger partial charge in [-0.15, -0.1) is 11.3 Å². The van der Waals surface area contributed by atoms with Crippen LogP contribution in [0.5, 0.6) is 5.75 Å². The first-order valence-corrected chi connectivity index (χ1v) is 9.71. The van der Waals surface area contributed by atoms with Crippen LogP contribution in [0.25, 0.3) is 10.6 Å². The number of rotatable bonds is 8. The lowest BCUT2D eigenvalue weighted by Crippen LogP contribution is -2.27. The zero-order valence-electron chi connectivity index (χ0n) is 15.1. The average molecular weight is 384 g/mol. The van der Waals surface area contributed by atoms with E-state index in [0.29, 0.717) is 26.0 Å². The summed E-state index contributed by atoms with van der Waals surface area (Å²) in [7, 11) is 0. The second-order valence-electron chi connectivity index (χ2n) is 6.01. The molecule has 0 aliphatic heterocycles. The maximum atomic E-state index is 13.3. The fraction of sp³-hybridized carbons (Fsp3) is 0.238. The van der Waals surface area contributed by atoms with Crippen molar-refractivity contribution in [2.24, 2.45) is 0 Å². The van der Waals surface area contributed by atoms with Crippen LogP contribution in [0.3, 0.4) is 0 Å². The summed E-state index contributed by atoms with van der Waals surface area (Å²) in [6, 6.07) is 13.9. The third-order valence-corrected chi connectivity index (χ3v) is 4.87. The average Bonchev–Trinajstić information content (AvgIpc) is 3.13. The van der Waals surface area contributed by atoms with Gasteiger partial charge in [0.05, 0.1) is 18.7 Å². The molecule has 27 heavy (non-hydrogen) atoms. The largest absolute Gasteiger partial charge is 0.494 e. The fourth-order valence-electron chi connectivity index (χ4n) is 2.62. The summed E-state index contributed by atoms with van der Waals surface area (Å²) in [4.78, 5) is 16.6. The van der Waals surface area contributed by atoms with Crippen molar-refractivity contribution in [2.45, 2.75) is 19.8 Å². The molecule has 0 unspecified atom stereocenters. The maximum Gasteiger partial charge on any atom is 0.224 e. The van der Waals surface area contributed by atoms with Crippen LogP contribution >= 0.6 is 11.3 Å². The third kappa shape index (κ3) is 5.62. The maximum absolute atomic E-state index is 13.3. The molecule has 0 bridgehead atoms. The highest BCUT2D eigenvalue weighted by Gasteiger charge is 2.07. The van der Waals surface area contributed by atoms with Gasteiger partial charge in [-0.25, -0.2) is 9.37 Å². The number of halogens is 1. The molecule has 0 atom stereocenters. The first-order valence-electron chi connectivity index (χ1n) is 8.83. The second-order valence-corrected chi connectivity index (χ2v) is 6.87. The SMILES string of the molecule is CCOc1ccc(CC(=O)NCCc2csc(-c3cccc(F)c3)n2)cc1. The number of carbonyl (C=O) groups is 1. The fourth-order valence-corrected chi connectivity index (χ4v) is 3.48. The van der Waals surface area contributed by atoms with Gasteiger partial charge in [0.25, 0.3) is 0 Å². The minimum Gasteiger partial charge on any atom is -0.494 e. The molecular formula is C21H21FN2O2S. The predicted molar refractivity (Wildman–Crippen MR) is 106 cm³/mol. The van der Waals surface area contributed by atoms with Crippen LogP contribution in [0.1, 0.15) is 18.2 Å². The first kappa shape index (κ1) is 19.0. The van der Waals surface area contributed by atoms with E-state index >= 15 is 0 Å². The summed E-state index contributed by atoms with van der Waals surface area (Å²) >= 11 is 1.48.